The molecule has 18 heavy (non-hydrogen) atoms. The van der Waals surface area contributed by atoms with Crippen molar-refractivity contribution in [3.63, 3.8) is 0 Å². The zero-order valence-corrected chi connectivity index (χ0v) is 10.1. The van der Waals surface area contributed by atoms with Gasteiger partial charge in [0.2, 0.25) is 5.60 Å². The first kappa shape index (κ1) is 13.3. The Kier molecular flexibility index (Phi) is 3.31. The summed E-state index contributed by atoms with van der Waals surface area (Å²) in [5.74, 6) is 0. The van der Waals surface area contributed by atoms with E-state index in [-0.39, 0.29) is 11.6 Å². The molecule has 0 fully saturated rings. The summed E-state index contributed by atoms with van der Waals surface area (Å²) >= 11 is 0.834. The highest BCUT2D eigenvalue weighted by atomic mass is 32.1. The van der Waals surface area contributed by atoms with Gasteiger partial charge in [-0.05, 0) is 18.7 Å². The zero-order valence-electron chi connectivity index (χ0n) is 9.24. The lowest BCUT2D eigenvalue weighted by molar-refractivity contribution is -0.268. The summed E-state index contributed by atoms with van der Waals surface area (Å²) in [6.45, 7) is -0.272. The van der Waals surface area contributed by atoms with Crippen molar-refractivity contribution in [2.45, 2.75) is 18.2 Å². The minimum atomic E-state index is -4.79. The van der Waals surface area contributed by atoms with Gasteiger partial charge in [0.1, 0.15) is 5.01 Å². The first-order valence-corrected chi connectivity index (χ1v) is 6.05. The third-order valence-electron chi connectivity index (χ3n) is 2.62. The second-order valence-electron chi connectivity index (χ2n) is 3.88. The van der Waals surface area contributed by atoms with Crippen molar-refractivity contribution >= 4 is 21.6 Å². The molecular formula is C11H11F3N2OS. The summed E-state index contributed by atoms with van der Waals surface area (Å²) in [7, 11) is 0. The number of aromatic nitrogens is 1. The lowest BCUT2D eigenvalue weighted by atomic mass is 10.00. The maximum absolute atomic E-state index is 13.0. The van der Waals surface area contributed by atoms with E-state index in [0.29, 0.717) is 10.2 Å². The fourth-order valence-electron chi connectivity index (χ4n) is 1.63. The Hall–Kier alpha value is -1.18. The van der Waals surface area contributed by atoms with Crippen LogP contribution in [0.3, 0.4) is 0 Å². The monoisotopic (exact) mass is 276 g/mol. The molecule has 1 heterocycles. The van der Waals surface area contributed by atoms with Gasteiger partial charge < -0.3 is 10.8 Å². The zero-order chi connectivity index (χ0) is 13.4. The molecule has 1 atom stereocenters. The number of para-hydroxylation sites is 1. The van der Waals surface area contributed by atoms with Gasteiger partial charge in [-0.2, -0.15) is 13.2 Å². The summed E-state index contributed by atoms with van der Waals surface area (Å²) < 4.78 is 39.5. The highest BCUT2D eigenvalue weighted by Gasteiger charge is 2.56. The molecule has 0 aliphatic carbocycles. The number of nitrogens with two attached hydrogens (primary N) is 1. The fourth-order valence-corrected chi connectivity index (χ4v) is 2.73. The van der Waals surface area contributed by atoms with Crippen LogP contribution in [0, 0.1) is 0 Å². The molecule has 7 heteroatoms. The molecule has 0 aliphatic rings. The lowest BCUT2D eigenvalue weighted by Gasteiger charge is -2.27. The van der Waals surface area contributed by atoms with Crippen LogP contribution in [-0.2, 0) is 5.60 Å². The van der Waals surface area contributed by atoms with Crippen LogP contribution >= 0.6 is 11.3 Å². The van der Waals surface area contributed by atoms with Gasteiger partial charge in [-0.3, -0.25) is 0 Å². The maximum Gasteiger partial charge on any atom is 0.423 e. The molecule has 2 aromatic rings. The highest BCUT2D eigenvalue weighted by molar-refractivity contribution is 7.18. The van der Waals surface area contributed by atoms with Gasteiger partial charge in [0.15, 0.2) is 0 Å². The van der Waals surface area contributed by atoms with E-state index in [4.69, 9.17) is 5.73 Å². The first-order valence-electron chi connectivity index (χ1n) is 5.24. The molecule has 0 spiro atoms. The number of benzene rings is 1. The predicted molar refractivity (Wildman–Crippen MR) is 63.2 cm³/mol. The van der Waals surface area contributed by atoms with Crippen LogP contribution in [0.4, 0.5) is 13.2 Å². The van der Waals surface area contributed by atoms with Crippen LogP contribution in [0.5, 0.6) is 0 Å². The molecule has 3 nitrogen and oxygen atoms in total. The Morgan fingerprint density at radius 1 is 1.28 bits per heavy atom. The lowest BCUT2D eigenvalue weighted by Crippen LogP contribution is -2.43. The van der Waals surface area contributed by atoms with Crippen LogP contribution in [0.15, 0.2) is 24.3 Å². The average molecular weight is 276 g/mol. The van der Waals surface area contributed by atoms with Gasteiger partial charge in [0.05, 0.1) is 10.2 Å². The van der Waals surface area contributed by atoms with Crippen LogP contribution in [0.25, 0.3) is 10.2 Å². The number of thiazole rings is 1. The van der Waals surface area contributed by atoms with Gasteiger partial charge in [-0.1, -0.05) is 12.1 Å². The molecule has 0 radical (unpaired) electrons. The van der Waals surface area contributed by atoms with Crippen LogP contribution in [0.2, 0.25) is 0 Å². The summed E-state index contributed by atoms with van der Waals surface area (Å²) in [6, 6.07) is 6.66. The summed E-state index contributed by atoms with van der Waals surface area (Å²) in [4.78, 5) is 3.86. The van der Waals surface area contributed by atoms with E-state index in [1.807, 2.05) is 0 Å². The minimum absolute atomic E-state index is 0.272. The normalized spacial score (nSPS) is 15.8. The number of rotatable bonds is 3. The molecular weight excluding hydrogens is 265 g/mol. The van der Waals surface area contributed by atoms with E-state index in [9.17, 15) is 18.3 Å². The number of hydrogen-bond acceptors (Lipinski definition) is 4. The van der Waals surface area contributed by atoms with E-state index in [1.54, 1.807) is 24.3 Å². The molecule has 1 aromatic heterocycles. The Morgan fingerprint density at radius 2 is 1.94 bits per heavy atom. The summed E-state index contributed by atoms with van der Waals surface area (Å²) in [6.07, 6.45) is -5.39. The van der Waals surface area contributed by atoms with Gasteiger partial charge in [-0.15, -0.1) is 11.3 Å². The number of aliphatic hydroxyl groups is 1. The van der Waals surface area contributed by atoms with Gasteiger partial charge in [0, 0.05) is 6.42 Å². The number of hydrogen-bond donors (Lipinski definition) is 2. The van der Waals surface area contributed by atoms with Crippen molar-refractivity contribution in [1.29, 1.82) is 0 Å². The topological polar surface area (TPSA) is 59.1 Å². The number of nitrogens with zero attached hydrogens (tertiary/aromatic N) is 1. The van der Waals surface area contributed by atoms with E-state index >= 15 is 0 Å². The van der Waals surface area contributed by atoms with Gasteiger partial charge in [0.25, 0.3) is 0 Å². The number of fused-ring (bicyclic) bond motifs is 1. The Balaban J connectivity index is 2.55. The van der Waals surface area contributed by atoms with E-state index in [1.165, 1.54) is 0 Å². The molecule has 0 saturated carbocycles. The van der Waals surface area contributed by atoms with Crippen molar-refractivity contribution in [2.75, 3.05) is 6.54 Å². The van der Waals surface area contributed by atoms with Crippen molar-refractivity contribution in [1.82, 2.24) is 4.98 Å². The quantitative estimate of drug-likeness (QED) is 0.905. The number of halogens is 3. The smallest absolute Gasteiger partial charge is 0.374 e. The predicted octanol–water partition coefficient (Wildman–Crippen LogP) is 2.40. The molecule has 0 saturated heterocycles. The molecule has 98 valence electrons. The van der Waals surface area contributed by atoms with Crippen LogP contribution < -0.4 is 5.73 Å². The first-order chi connectivity index (χ1) is 8.38. The van der Waals surface area contributed by atoms with Crippen molar-refractivity contribution in [2.24, 2.45) is 5.73 Å². The van der Waals surface area contributed by atoms with Crippen LogP contribution in [-0.4, -0.2) is 22.8 Å². The SMILES string of the molecule is NCC[C@@](O)(c1nc2ccccc2s1)C(F)(F)F. The van der Waals surface area contributed by atoms with Gasteiger partial charge in [-0.25, -0.2) is 4.98 Å². The second kappa shape index (κ2) is 4.49. The standard InChI is InChI=1S/C11H11F3N2OS/c12-11(13,14)10(17,5-6-15)9-16-7-3-1-2-4-8(7)18-9/h1-4,17H,5-6,15H2/t10-/m1/s1. The van der Waals surface area contributed by atoms with Crippen molar-refractivity contribution in [3.05, 3.63) is 29.3 Å². The number of alkyl halides is 3. The third-order valence-corrected chi connectivity index (χ3v) is 3.81. The Labute approximate surface area is 105 Å². The fraction of sp³-hybridized carbons (Fsp3) is 0.364. The Bertz CT molecular complexity index is 521. The molecule has 2 rings (SSSR count). The second-order valence-corrected chi connectivity index (χ2v) is 4.91. The van der Waals surface area contributed by atoms with E-state index in [0.717, 1.165) is 11.3 Å². The molecule has 0 amide bonds. The molecule has 0 bridgehead atoms. The van der Waals surface area contributed by atoms with Crippen molar-refractivity contribution in [3.8, 4) is 0 Å². The highest BCUT2D eigenvalue weighted by Crippen LogP contribution is 2.43. The average Bonchev–Trinajstić information content (AvgIpc) is 2.71. The summed E-state index contributed by atoms with van der Waals surface area (Å²) in [5, 5.41) is 9.50. The Morgan fingerprint density at radius 3 is 2.50 bits per heavy atom. The molecule has 1 aromatic carbocycles. The van der Waals surface area contributed by atoms with E-state index < -0.39 is 18.2 Å². The van der Waals surface area contributed by atoms with Crippen LogP contribution in [0.1, 0.15) is 11.4 Å². The summed E-state index contributed by atoms with van der Waals surface area (Å²) in [5.41, 5.74) is 2.63. The molecule has 0 aliphatic heterocycles. The molecule has 3 N–H and O–H groups in total. The van der Waals surface area contributed by atoms with Gasteiger partial charge >= 0.3 is 6.18 Å². The van der Waals surface area contributed by atoms with E-state index in [2.05, 4.69) is 4.98 Å². The van der Waals surface area contributed by atoms with Crippen molar-refractivity contribution < 1.29 is 18.3 Å². The maximum atomic E-state index is 13.0. The largest absolute Gasteiger partial charge is 0.423 e. The minimum Gasteiger partial charge on any atom is -0.374 e. The molecule has 0 unspecified atom stereocenters. The third kappa shape index (κ3) is 2.09.